The standard InChI is InChI=1S/C15H22N2O2/c1-12-7-8-16-10-13(12)11-17-9-5-3-2-4-6-14(17)15(18)19/h7-8,10,14H,2-6,9,11H2,1H3,(H,18,19). The average molecular weight is 262 g/mol. The number of carboxylic acids is 1. The third-order valence-corrected chi connectivity index (χ3v) is 3.92. The first kappa shape index (κ1) is 14.0. The molecule has 1 aliphatic heterocycles. The molecule has 1 fully saturated rings. The highest BCUT2D eigenvalue weighted by Crippen LogP contribution is 2.20. The molecule has 0 aliphatic carbocycles. The van der Waals surface area contributed by atoms with Crippen molar-refractivity contribution in [2.75, 3.05) is 6.54 Å². The molecular weight excluding hydrogens is 240 g/mol. The van der Waals surface area contributed by atoms with Gasteiger partial charge in [-0.15, -0.1) is 0 Å². The molecule has 1 aromatic heterocycles. The molecular formula is C15H22N2O2. The highest BCUT2D eigenvalue weighted by atomic mass is 16.4. The van der Waals surface area contributed by atoms with Crippen LogP contribution in [0.25, 0.3) is 0 Å². The van der Waals surface area contributed by atoms with E-state index < -0.39 is 5.97 Å². The van der Waals surface area contributed by atoms with E-state index in [0.29, 0.717) is 6.54 Å². The first-order valence-corrected chi connectivity index (χ1v) is 7.05. The summed E-state index contributed by atoms with van der Waals surface area (Å²) in [5.74, 6) is -0.691. The van der Waals surface area contributed by atoms with Gasteiger partial charge in [0.15, 0.2) is 0 Å². The Labute approximate surface area is 114 Å². The lowest BCUT2D eigenvalue weighted by Gasteiger charge is -2.31. The molecule has 2 heterocycles. The van der Waals surface area contributed by atoms with E-state index in [-0.39, 0.29) is 6.04 Å². The summed E-state index contributed by atoms with van der Waals surface area (Å²) in [5.41, 5.74) is 2.32. The summed E-state index contributed by atoms with van der Waals surface area (Å²) in [6.07, 6.45) is 8.85. The summed E-state index contributed by atoms with van der Waals surface area (Å²) in [6.45, 7) is 3.61. The number of aromatic nitrogens is 1. The molecule has 4 nitrogen and oxygen atoms in total. The smallest absolute Gasteiger partial charge is 0.320 e. The number of likely N-dealkylation sites (tertiary alicyclic amines) is 1. The van der Waals surface area contributed by atoms with E-state index in [4.69, 9.17) is 0 Å². The minimum Gasteiger partial charge on any atom is -0.480 e. The van der Waals surface area contributed by atoms with Crippen LogP contribution < -0.4 is 0 Å². The van der Waals surface area contributed by atoms with Crippen molar-refractivity contribution in [2.24, 2.45) is 0 Å². The topological polar surface area (TPSA) is 53.4 Å². The Hall–Kier alpha value is -1.42. The van der Waals surface area contributed by atoms with Crippen molar-refractivity contribution in [2.45, 2.75) is 51.6 Å². The average Bonchev–Trinajstić information content (AvgIpc) is 2.34. The number of carbonyl (C=O) groups is 1. The van der Waals surface area contributed by atoms with Crippen LogP contribution in [0, 0.1) is 6.92 Å². The number of nitrogens with zero attached hydrogens (tertiary/aromatic N) is 2. The van der Waals surface area contributed by atoms with Crippen molar-refractivity contribution in [3.8, 4) is 0 Å². The third kappa shape index (κ3) is 3.77. The molecule has 104 valence electrons. The summed E-state index contributed by atoms with van der Waals surface area (Å²) in [6, 6.07) is 1.63. The zero-order chi connectivity index (χ0) is 13.7. The van der Waals surface area contributed by atoms with Crippen molar-refractivity contribution < 1.29 is 9.90 Å². The highest BCUT2D eigenvalue weighted by Gasteiger charge is 2.26. The molecule has 0 radical (unpaired) electrons. The second-order valence-corrected chi connectivity index (χ2v) is 5.33. The molecule has 0 aromatic carbocycles. The SMILES string of the molecule is Cc1ccncc1CN1CCCCCCC1C(=O)O. The summed E-state index contributed by atoms with van der Waals surface area (Å²) < 4.78 is 0. The number of rotatable bonds is 3. The molecule has 1 aliphatic rings. The van der Waals surface area contributed by atoms with Crippen LogP contribution in [0.3, 0.4) is 0 Å². The highest BCUT2D eigenvalue weighted by molar-refractivity contribution is 5.73. The molecule has 1 aromatic rings. The van der Waals surface area contributed by atoms with Crippen LogP contribution >= 0.6 is 0 Å². The Morgan fingerprint density at radius 1 is 1.42 bits per heavy atom. The van der Waals surface area contributed by atoms with Gasteiger partial charge in [0.2, 0.25) is 0 Å². The van der Waals surface area contributed by atoms with Gasteiger partial charge in [-0.1, -0.05) is 19.3 Å². The lowest BCUT2D eigenvalue weighted by molar-refractivity contribution is -0.144. The number of hydrogen-bond donors (Lipinski definition) is 1. The molecule has 2 rings (SSSR count). The quantitative estimate of drug-likeness (QED) is 0.909. The molecule has 1 saturated heterocycles. The first-order valence-electron chi connectivity index (χ1n) is 7.05. The van der Waals surface area contributed by atoms with Crippen molar-refractivity contribution in [3.05, 3.63) is 29.6 Å². The van der Waals surface area contributed by atoms with Gasteiger partial charge in [-0.25, -0.2) is 0 Å². The molecule has 0 spiro atoms. The zero-order valence-corrected chi connectivity index (χ0v) is 11.5. The molecule has 0 amide bonds. The van der Waals surface area contributed by atoms with Gasteiger partial charge in [-0.2, -0.15) is 0 Å². The Kier molecular flexibility index (Phi) is 4.91. The van der Waals surface area contributed by atoms with E-state index in [1.807, 2.05) is 12.3 Å². The lowest BCUT2D eigenvalue weighted by atomic mass is 10.0. The lowest BCUT2D eigenvalue weighted by Crippen LogP contribution is -2.42. The second kappa shape index (κ2) is 6.66. The maximum Gasteiger partial charge on any atom is 0.320 e. The third-order valence-electron chi connectivity index (χ3n) is 3.92. The molecule has 1 atom stereocenters. The predicted octanol–water partition coefficient (Wildman–Crippen LogP) is 2.61. The van der Waals surface area contributed by atoms with E-state index in [2.05, 4.69) is 16.8 Å². The van der Waals surface area contributed by atoms with Crippen LogP contribution in [0.1, 0.15) is 43.2 Å². The van der Waals surface area contributed by atoms with E-state index in [1.54, 1.807) is 6.20 Å². The second-order valence-electron chi connectivity index (χ2n) is 5.33. The van der Waals surface area contributed by atoms with Crippen LogP contribution in [0.2, 0.25) is 0 Å². The Morgan fingerprint density at radius 2 is 2.21 bits per heavy atom. The van der Waals surface area contributed by atoms with E-state index in [1.165, 1.54) is 12.0 Å². The van der Waals surface area contributed by atoms with Gasteiger partial charge in [-0.3, -0.25) is 14.7 Å². The number of aliphatic carboxylic acids is 1. The largest absolute Gasteiger partial charge is 0.480 e. The monoisotopic (exact) mass is 262 g/mol. The van der Waals surface area contributed by atoms with Crippen molar-refractivity contribution in [1.82, 2.24) is 9.88 Å². The van der Waals surface area contributed by atoms with Gasteiger partial charge >= 0.3 is 5.97 Å². The fraction of sp³-hybridized carbons (Fsp3) is 0.600. The van der Waals surface area contributed by atoms with E-state index in [9.17, 15) is 9.90 Å². The normalized spacial score (nSPS) is 21.6. The van der Waals surface area contributed by atoms with Gasteiger partial charge in [-0.05, 0) is 43.5 Å². The van der Waals surface area contributed by atoms with E-state index in [0.717, 1.165) is 37.8 Å². The van der Waals surface area contributed by atoms with Gasteiger partial charge < -0.3 is 5.11 Å². The van der Waals surface area contributed by atoms with Crippen LogP contribution in [-0.2, 0) is 11.3 Å². The van der Waals surface area contributed by atoms with Crippen molar-refractivity contribution in [1.29, 1.82) is 0 Å². The molecule has 19 heavy (non-hydrogen) atoms. The summed E-state index contributed by atoms with van der Waals surface area (Å²) >= 11 is 0. The van der Waals surface area contributed by atoms with Gasteiger partial charge in [0, 0.05) is 18.9 Å². The molecule has 0 saturated carbocycles. The summed E-state index contributed by atoms with van der Waals surface area (Å²) in [7, 11) is 0. The fourth-order valence-electron chi connectivity index (χ4n) is 2.69. The number of aryl methyl sites for hydroxylation is 1. The van der Waals surface area contributed by atoms with Crippen LogP contribution in [-0.4, -0.2) is 33.5 Å². The maximum atomic E-state index is 11.4. The zero-order valence-electron chi connectivity index (χ0n) is 11.5. The Bertz CT molecular complexity index is 434. The summed E-state index contributed by atoms with van der Waals surface area (Å²) in [4.78, 5) is 17.7. The fourth-order valence-corrected chi connectivity index (χ4v) is 2.69. The maximum absolute atomic E-state index is 11.4. The van der Waals surface area contributed by atoms with Crippen molar-refractivity contribution >= 4 is 5.97 Å². The minimum atomic E-state index is -0.691. The Balaban J connectivity index is 2.13. The summed E-state index contributed by atoms with van der Waals surface area (Å²) in [5, 5.41) is 9.42. The molecule has 1 N–H and O–H groups in total. The number of hydrogen-bond acceptors (Lipinski definition) is 3. The van der Waals surface area contributed by atoms with Crippen LogP contribution in [0.15, 0.2) is 18.5 Å². The van der Waals surface area contributed by atoms with Crippen LogP contribution in [0.5, 0.6) is 0 Å². The number of pyridine rings is 1. The first-order chi connectivity index (χ1) is 9.18. The van der Waals surface area contributed by atoms with Gasteiger partial charge in [0.05, 0.1) is 0 Å². The minimum absolute atomic E-state index is 0.347. The molecule has 4 heteroatoms. The van der Waals surface area contributed by atoms with E-state index >= 15 is 0 Å². The molecule has 0 bridgehead atoms. The van der Waals surface area contributed by atoms with Gasteiger partial charge in [0.25, 0.3) is 0 Å². The van der Waals surface area contributed by atoms with Crippen molar-refractivity contribution in [3.63, 3.8) is 0 Å². The number of carboxylic acid groups (broad SMARTS) is 1. The Morgan fingerprint density at radius 3 is 2.95 bits per heavy atom. The van der Waals surface area contributed by atoms with Gasteiger partial charge in [0.1, 0.15) is 6.04 Å². The van der Waals surface area contributed by atoms with Crippen LogP contribution in [0.4, 0.5) is 0 Å². The molecule has 1 unspecified atom stereocenters. The predicted molar refractivity (Wildman–Crippen MR) is 73.9 cm³/mol.